The highest BCUT2D eigenvalue weighted by Crippen LogP contribution is 2.46. The van der Waals surface area contributed by atoms with Gasteiger partial charge in [-0.15, -0.1) is 0 Å². The Kier molecular flexibility index (Phi) is 8.79. The van der Waals surface area contributed by atoms with Crippen molar-refractivity contribution in [3.8, 4) is 67.8 Å². The number of hydrogen-bond donors (Lipinski definition) is 0. The molecule has 0 bridgehead atoms. The van der Waals surface area contributed by atoms with Crippen LogP contribution >= 0.6 is 0 Å². The fraction of sp³-hybridized carbons (Fsp3) is 0. The summed E-state index contributed by atoms with van der Waals surface area (Å²) in [7, 11) is 0. The highest BCUT2D eigenvalue weighted by molar-refractivity contribution is 6.26. The molecular formula is C63H39N5O. The molecule has 0 saturated carbocycles. The molecule has 0 aliphatic carbocycles. The maximum Gasteiger partial charge on any atom is 0.166 e. The van der Waals surface area contributed by atoms with E-state index in [9.17, 15) is 0 Å². The Balaban J connectivity index is 1.03. The minimum Gasteiger partial charge on any atom is -0.452 e. The van der Waals surface area contributed by atoms with Crippen molar-refractivity contribution in [1.82, 2.24) is 24.1 Å². The van der Waals surface area contributed by atoms with Gasteiger partial charge in [0.25, 0.3) is 0 Å². The van der Waals surface area contributed by atoms with Crippen LogP contribution in [0.3, 0.4) is 0 Å². The number of nitrogens with zero attached hydrogens (tertiary/aromatic N) is 5. The van der Waals surface area contributed by atoms with Gasteiger partial charge >= 0.3 is 0 Å². The first-order valence-corrected chi connectivity index (χ1v) is 23.3. The molecule has 0 N–H and O–H groups in total. The molecule has 0 unspecified atom stereocenters. The van der Waals surface area contributed by atoms with Gasteiger partial charge in [-0.05, 0) is 59.2 Å². The third-order valence-corrected chi connectivity index (χ3v) is 13.6. The van der Waals surface area contributed by atoms with Crippen molar-refractivity contribution in [1.29, 1.82) is 0 Å². The normalized spacial score (nSPS) is 11.8. The zero-order valence-electron chi connectivity index (χ0n) is 37.2. The van der Waals surface area contributed by atoms with E-state index in [1.165, 1.54) is 5.39 Å². The number of furan rings is 1. The van der Waals surface area contributed by atoms with E-state index in [1.807, 2.05) is 24.3 Å². The van der Waals surface area contributed by atoms with E-state index in [-0.39, 0.29) is 0 Å². The Morgan fingerprint density at radius 2 is 0.638 bits per heavy atom. The lowest BCUT2D eigenvalue weighted by Gasteiger charge is -2.15. The molecule has 4 heterocycles. The average Bonchev–Trinajstić information content (AvgIpc) is 4.10. The fourth-order valence-electron chi connectivity index (χ4n) is 10.5. The third kappa shape index (κ3) is 6.16. The van der Waals surface area contributed by atoms with Crippen LogP contribution < -0.4 is 0 Å². The second-order valence-electron chi connectivity index (χ2n) is 17.5. The number of hydrogen-bond acceptors (Lipinski definition) is 4. The number of fused-ring (bicyclic) bond motifs is 11. The van der Waals surface area contributed by atoms with E-state index in [0.29, 0.717) is 17.5 Å². The van der Waals surface area contributed by atoms with Gasteiger partial charge in [0.1, 0.15) is 0 Å². The molecule has 0 saturated heterocycles. The van der Waals surface area contributed by atoms with E-state index in [0.717, 1.165) is 110 Å². The van der Waals surface area contributed by atoms with E-state index in [1.54, 1.807) is 0 Å². The first-order chi connectivity index (χ1) is 34.2. The lowest BCUT2D eigenvalue weighted by atomic mass is 10.0. The summed E-state index contributed by atoms with van der Waals surface area (Å²) in [4.78, 5) is 15.6. The van der Waals surface area contributed by atoms with Crippen molar-refractivity contribution in [3.63, 3.8) is 0 Å². The number of aromatic nitrogens is 5. The van der Waals surface area contributed by atoms with Gasteiger partial charge in [0.2, 0.25) is 0 Å². The lowest BCUT2D eigenvalue weighted by Crippen LogP contribution is -2.03. The topological polar surface area (TPSA) is 61.7 Å². The van der Waals surface area contributed by atoms with Gasteiger partial charge in [-0.25, -0.2) is 15.0 Å². The van der Waals surface area contributed by atoms with Gasteiger partial charge in [-0.2, -0.15) is 0 Å². The van der Waals surface area contributed by atoms with Crippen LogP contribution in [-0.2, 0) is 0 Å². The average molecular weight is 882 g/mol. The Hall–Kier alpha value is -9.39. The molecule has 6 heteroatoms. The second kappa shape index (κ2) is 15.6. The van der Waals surface area contributed by atoms with Gasteiger partial charge < -0.3 is 13.6 Å². The van der Waals surface area contributed by atoms with Crippen LogP contribution in [0.15, 0.2) is 241 Å². The maximum atomic E-state index is 7.47. The summed E-state index contributed by atoms with van der Waals surface area (Å²) in [5, 5.41) is 6.63. The van der Waals surface area contributed by atoms with Gasteiger partial charge in [0.05, 0.1) is 33.4 Å². The highest BCUT2D eigenvalue weighted by Gasteiger charge is 2.25. The zero-order chi connectivity index (χ0) is 45.4. The van der Waals surface area contributed by atoms with E-state index < -0.39 is 0 Å². The quantitative estimate of drug-likeness (QED) is 0.160. The molecule has 322 valence electrons. The molecule has 0 spiro atoms. The molecule has 14 rings (SSSR count). The summed E-state index contributed by atoms with van der Waals surface area (Å²) in [5.41, 5.74) is 15.1. The molecule has 0 amide bonds. The van der Waals surface area contributed by atoms with Crippen LogP contribution in [0.25, 0.3) is 133 Å². The van der Waals surface area contributed by atoms with Crippen molar-refractivity contribution < 1.29 is 4.42 Å². The molecule has 0 aliphatic heterocycles. The zero-order valence-corrected chi connectivity index (χ0v) is 37.2. The van der Waals surface area contributed by atoms with Gasteiger partial charge in [-0.1, -0.05) is 194 Å². The Morgan fingerprint density at radius 3 is 1.20 bits per heavy atom. The molecule has 14 aromatic rings. The van der Waals surface area contributed by atoms with E-state index in [2.05, 4.69) is 221 Å². The van der Waals surface area contributed by atoms with Crippen molar-refractivity contribution >= 4 is 65.6 Å². The Bertz CT molecular complexity index is 4280. The van der Waals surface area contributed by atoms with Crippen molar-refractivity contribution in [3.05, 3.63) is 237 Å². The summed E-state index contributed by atoms with van der Waals surface area (Å²) in [6.07, 6.45) is 0. The molecule has 0 radical (unpaired) electrons. The van der Waals surface area contributed by atoms with Gasteiger partial charge in [0, 0.05) is 54.6 Å². The lowest BCUT2D eigenvalue weighted by molar-refractivity contribution is 0.673. The summed E-state index contributed by atoms with van der Waals surface area (Å²) in [5.74, 6) is 1.78. The maximum absolute atomic E-state index is 7.47. The summed E-state index contributed by atoms with van der Waals surface area (Å²) < 4.78 is 12.2. The predicted molar refractivity (Wildman–Crippen MR) is 283 cm³/mol. The van der Waals surface area contributed by atoms with Crippen LogP contribution in [-0.4, -0.2) is 24.1 Å². The van der Waals surface area contributed by atoms with Gasteiger partial charge in [-0.3, -0.25) is 0 Å². The molecule has 6 nitrogen and oxygen atoms in total. The predicted octanol–water partition coefficient (Wildman–Crippen LogP) is 16.3. The summed E-state index contributed by atoms with van der Waals surface area (Å²) in [6, 6.07) is 83.1. The van der Waals surface area contributed by atoms with Crippen LogP contribution in [0.1, 0.15) is 0 Å². The molecule has 4 aromatic heterocycles. The largest absolute Gasteiger partial charge is 0.452 e. The first-order valence-electron chi connectivity index (χ1n) is 23.3. The van der Waals surface area contributed by atoms with Crippen molar-refractivity contribution in [2.45, 2.75) is 0 Å². The van der Waals surface area contributed by atoms with Crippen LogP contribution in [0.5, 0.6) is 0 Å². The minimum atomic E-state index is 0.576. The Morgan fingerprint density at radius 1 is 0.261 bits per heavy atom. The van der Waals surface area contributed by atoms with Crippen molar-refractivity contribution in [2.24, 2.45) is 0 Å². The van der Waals surface area contributed by atoms with Crippen molar-refractivity contribution in [2.75, 3.05) is 0 Å². The molecule has 10 aromatic carbocycles. The monoisotopic (exact) mass is 881 g/mol. The van der Waals surface area contributed by atoms with Crippen LogP contribution in [0.4, 0.5) is 0 Å². The molecule has 0 aliphatic rings. The Labute approximate surface area is 396 Å². The highest BCUT2D eigenvalue weighted by atomic mass is 16.3. The standard InChI is InChI=1S/C63H39N5O/c1-4-18-40(19-5-1)41-32-34-44(35-33-41)62-64-61(43-22-8-3-9-23-43)65-63(66-62)52-27-13-17-31-56(52)68-55-30-16-12-26-47(55)49-37-39-51-50-38-36-48-46-25-11-15-29-54(46)67(57(48)59(50)69-60(51)58(49)68)53-28-14-10-24-45(53)42-20-6-2-7-21-42/h1-39H. The summed E-state index contributed by atoms with van der Waals surface area (Å²) >= 11 is 0. The number of para-hydroxylation sites is 4. The number of rotatable bonds is 7. The van der Waals surface area contributed by atoms with E-state index in [4.69, 9.17) is 19.4 Å². The fourth-order valence-corrected chi connectivity index (χ4v) is 10.5. The molecule has 0 fully saturated rings. The van der Waals surface area contributed by atoms with Crippen LogP contribution in [0, 0.1) is 0 Å². The molecule has 0 atom stereocenters. The second-order valence-corrected chi connectivity index (χ2v) is 17.5. The SMILES string of the molecule is c1ccc(-c2ccc(-c3nc(-c4ccccc4)nc(-c4ccccc4-n4c5ccccc5c5ccc6c7ccc8c9ccccc9n(-c9ccccc9-c9ccccc9)c8c7oc6c54)n3)cc2)cc1. The van der Waals surface area contributed by atoms with Gasteiger partial charge in [0.15, 0.2) is 28.6 Å². The smallest absolute Gasteiger partial charge is 0.166 e. The molecule has 69 heavy (non-hydrogen) atoms. The molecular weight excluding hydrogens is 843 g/mol. The first kappa shape index (κ1) is 38.8. The third-order valence-electron chi connectivity index (χ3n) is 13.6. The summed E-state index contributed by atoms with van der Waals surface area (Å²) in [6.45, 7) is 0. The van der Waals surface area contributed by atoms with E-state index >= 15 is 0 Å². The van der Waals surface area contributed by atoms with Crippen LogP contribution in [0.2, 0.25) is 0 Å². The minimum absolute atomic E-state index is 0.576. The number of benzene rings is 10.